The Morgan fingerprint density at radius 3 is 2.74 bits per heavy atom. The van der Waals surface area contributed by atoms with Gasteiger partial charge in [0.25, 0.3) is 0 Å². The van der Waals surface area contributed by atoms with E-state index in [0.717, 1.165) is 30.6 Å². The molecule has 0 bridgehead atoms. The average Bonchev–Trinajstić information content (AvgIpc) is 2.90. The summed E-state index contributed by atoms with van der Waals surface area (Å²) in [5, 5.41) is 3.33. The van der Waals surface area contributed by atoms with Crippen molar-refractivity contribution in [3.05, 3.63) is 59.7 Å². The zero-order valence-electron chi connectivity index (χ0n) is 13.9. The first-order valence-corrected chi connectivity index (χ1v) is 8.42. The highest BCUT2D eigenvalue weighted by Crippen LogP contribution is 2.31. The molecular formula is C20H24N2O. The third-order valence-electron chi connectivity index (χ3n) is 4.44. The van der Waals surface area contributed by atoms with Gasteiger partial charge in [-0.15, -0.1) is 0 Å². The molecule has 1 aliphatic heterocycles. The molecule has 23 heavy (non-hydrogen) atoms. The molecule has 3 rings (SSSR count). The van der Waals surface area contributed by atoms with E-state index in [1.54, 1.807) is 0 Å². The van der Waals surface area contributed by atoms with E-state index in [2.05, 4.69) is 43.4 Å². The van der Waals surface area contributed by atoms with E-state index in [0.29, 0.717) is 6.54 Å². The molecule has 3 heteroatoms. The van der Waals surface area contributed by atoms with Gasteiger partial charge in [-0.3, -0.25) is 4.79 Å². The maximum atomic E-state index is 12.7. The van der Waals surface area contributed by atoms with Crippen molar-refractivity contribution in [1.29, 1.82) is 0 Å². The fourth-order valence-electron chi connectivity index (χ4n) is 3.38. The van der Waals surface area contributed by atoms with Crippen molar-refractivity contribution >= 4 is 17.3 Å². The molecule has 1 N–H and O–H groups in total. The Labute approximate surface area is 138 Å². The Morgan fingerprint density at radius 1 is 1.17 bits per heavy atom. The molecular weight excluding hydrogens is 284 g/mol. The van der Waals surface area contributed by atoms with Crippen LogP contribution in [-0.2, 0) is 17.6 Å². The topological polar surface area (TPSA) is 32.3 Å². The molecule has 1 aliphatic rings. The van der Waals surface area contributed by atoms with Crippen LogP contribution in [0.2, 0.25) is 0 Å². The van der Waals surface area contributed by atoms with Crippen LogP contribution < -0.4 is 10.2 Å². The minimum absolute atomic E-state index is 0.133. The number of fused-ring (bicyclic) bond motifs is 1. The summed E-state index contributed by atoms with van der Waals surface area (Å²) in [5.74, 6) is 0.133. The van der Waals surface area contributed by atoms with Gasteiger partial charge in [0.1, 0.15) is 0 Å². The Bertz CT molecular complexity index is 696. The van der Waals surface area contributed by atoms with Crippen molar-refractivity contribution < 1.29 is 4.79 Å². The summed E-state index contributed by atoms with van der Waals surface area (Å²) < 4.78 is 0. The van der Waals surface area contributed by atoms with E-state index in [1.807, 2.05) is 29.2 Å². The number of carbonyl (C=O) groups excluding carboxylic acids is 1. The zero-order chi connectivity index (χ0) is 16.2. The van der Waals surface area contributed by atoms with Crippen LogP contribution in [0.25, 0.3) is 0 Å². The molecule has 1 amide bonds. The summed E-state index contributed by atoms with van der Waals surface area (Å²) in [6, 6.07) is 16.7. The summed E-state index contributed by atoms with van der Waals surface area (Å²) in [4.78, 5) is 14.7. The predicted molar refractivity (Wildman–Crippen MR) is 96.0 cm³/mol. The number of hydrogen-bond acceptors (Lipinski definition) is 2. The smallest absolute Gasteiger partial charge is 0.246 e. The molecule has 0 aromatic heterocycles. The van der Waals surface area contributed by atoms with Crippen LogP contribution in [0.15, 0.2) is 48.5 Å². The number of aryl methyl sites for hydroxylation is 1. The lowest BCUT2D eigenvalue weighted by atomic mass is 10.1. The minimum atomic E-state index is 0.133. The fraction of sp³-hybridized carbons (Fsp3) is 0.350. The number of nitrogens with one attached hydrogen (secondary N) is 1. The summed E-state index contributed by atoms with van der Waals surface area (Å²) in [6.07, 6.45) is 3.07. The van der Waals surface area contributed by atoms with Crippen LogP contribution >= 0.6 is 0 Å². The lowest BCUT2D eigenvalue weighted by molar-refractivity contribution is -0.117. The van der Waals surface area contributed by atoms with Gasteiger partial charge in [0.15, 0.2) is 0 Å². The van der Waals surface area contributed by atoms with E-state index in [-0.39, 0.29) is 11.9 Å². The van der Waals surface area contributed by atoms with Gasteiger partial charge in [0, 0.05) is 17.4 Å². The van der Waals surface area contributed by atoms with E-state index >= 15 is 0 Å². The lowest BCUT2D eigenvalue weighted by Gasteiger charge is -2.23. The number of nitrogens with zero attached hydrogens (tertiary/aromatic N) is 1. The summed E-state index contributed by atoms with van der Waals surface area (Å²) in [6.45, 7) is 4.62. The second-order valence-corrected chi connectivity index (χ2v) is 6.21. The van der Waals surface area contributed by atoms with Crippen LogP contribution in [0, 0.1) is 0 Å². The number of hydrogen-bond donors (Lipinski definition) is 1. The quantitative estimate of drug-likeness (QED) is 0.904. The van der Waals surface area contributed by atoms with E-state index in [4.69, 9.17) is 0 Å². The largest absolute Gasteiger partial charge is 0.376 e. The number of carbonyl (C=O) groups is 1. The molecule has 0 spiro atoms. The second-order valence-electron chi connectivity index (χ2n) is 6.21. The molecule has 0 fully saturated rings. The molecule has 2 aromatic rings. The number of amides is 1. The third-order valence-corrected chi connectivity index (χ3v) is 4.44. The number of anilines is 2. The maximum Gasteiger partial charge on any atom is 0.246 e. The highest BCUT2D eigenvalue weighted by Gasteiger charge is 2.30. The van der Waals surface area contributed by atoms with E-state index in [9.17, 15) is 4.79 Å². The Hall–Kier alpha value is -2.29. The fourth-order valence-corrected chi connectivity index (χ4v) is 3.38. The van der Waals surface area contributed by atoms with E-state index < -0.39 is 0 Å². The van der Waals surface area contributed by atoms with Gasteiger partial charge in [-0.1, -0.05) is 49.7 Å². The van der Waals surface area contributed by atoms with Gasteiger partial charge < -0.3 is 10.2 Å². The van der Waals surface area contributed by atoms with Crippen molar-refractivity contribution in [3.63, 3.8) is 0 Å². The van der Waals surface area contributed by atoms with Crippen LogP contribution in [0.4, 0.5) is 11.4 Å². The number of benzene rings is 2. The van der Waals surface area contributed by atoms with Gasteiger partial charge in [-0.2, -0.15) is 0 Å². The number of para-hydroxylation sites is 2. The normalized spacial score (nSPS) is 16.3. The summed E-state index contributed by atoms with van der Waals surface area (Å²) in [5.41, 5.74) is 4.67. The van der Waals surface area contributed by atoms with Crippen molar-refractivity contribution in [2.45, 2.75) is 39.2 Å². The van der Waals surface area contributed by atoms with Crippen molar-refractivity contribution in [3.8, 4) is 0 Å². The molecule has 120 valence electrons. The van der Waals surface area contributed by atoms with E-state index in [1.165, 1.54) is 11.1 Å². The molecule has 3 nitrogen and oxygen atoms in total. The Morgan fingerprint density at radius 2 is 1.91 bits per heavy atom. The maximum absolute atomic E-state index is 12.7. The highest BCUT2D eigenvalue weighted by molar-refractivity contribution is 5.98. The molecule has 1 atom stereocenters. The second kappa shape index (κ2) is 6.86. The summed E-state index contributed by atoms with van der Waals surface area (Å²) >= 11 is 0. The van der Waals surface area contributed by atoms with Gasteiger partial charge in [-0.25, -0.2) is 0 Å². The summed E-state index contributed by atoms with van der Waals surface area (Å²) in [7, 11) is 0. The molecule has 0 radical (unpaired) electrons. The van der Waals surface area contributed by atoms with Crippen LogP contribution in [0.1, 0.15) is 31.4 Å². The molecule has 2 aromatic carbocycles. The first-order valence-electron chi connectivity index (χ1n) is 8.42. The van der Waals surface area contributed by atoms with Crippen molar-refractivity contribution in [1.82, 2.24) is 0 Å². The van der Waals surface area contributed by atoms with Crippen molar-refractivity contribution in [2.75, 3.05) is 16.8 Å². The molecule has 1 unspecified atom stereocenters. The third kappa shape index (κ3) is 3.24. The van der Waals surface area contributed by atoms with Gasteiger partial charge in [-0.05, 0) is 43.0 Å². The van der Waals surface area contributed by atoms with Crippen molar-refractivity contribution in [2.24, 2.45) is 0 Å². The first-order chi connectivity index (χ1) is 11.2. The lowest BCUT2D eigenvalue weighted by Crippen LogP contribution is -2.39. The Kier molecular flexibility index (Phi) is 4.65. The standard InChI is InChI=1S/C20H24N2O/c1-3-8-16-9-4-6-11-18(16)21-14-20(23)22-15(2)13-17-10-5-7-12-19(17)22/h4-7,9-12,15,21H,3,8,13-14H2,1-2H3. The van der Waals surface area contributed by atoms with Crippen LogP contribution in [0.3, 0.4) is 0 Å². The molecule has 0 saturated heterocycles. The van der Waals surface area contributed by atoms with Crippen LogP contribution in [-0.4, -0.2) is 18.5 Å². The average molecular weight is 308 g/mol. The monoisotopic (exact) mass is 308 g/mol. The van der Waals surface area contributed by atoms with Gasteiger partial charge in [0.05, 0.1) is 6.54 Å². The zero-order valence-corrected chi connectivity index (χ0v) is 13.9. The van der Waals surface area contributed by atoms with Gasteiger partial charge in [0.2, 0.25) is 5.91 Å². The molecule has 0 saturated carbocycles. The van der Waals surface area contributed by atoms with Gasteiger partial charge >= 0.3 is 0 Å². The molecule has 0 aliphatic carbocycles. The SMILES string of the molecule is CCCc1ccccc1NCC(=O)N1c2ccccc2CC1C. The molecule has 1 heterocycles. The number of rotatable bonds is 5. The van der Waals surface area contributed by atoms with Crippen LogP contribution in [0.5, 0.6) is 0 Å². The first kappa shape index (κ1) is 15.6. The highest BCUT2D eigenvalue weighted by atomic mass is 16.2. The minimum Gasteiger partial charge on any atom is -0.376 e. The Balaban J connectivity index is 1.71. The predicted octanol–water partition coefficient (Wildman–Crippen LogP) is 4.03.